The van der Waals surface area contributed by atoms with E-state index < -0.39 is 6.10 Å². The molecular weight excluding hydrogens is 276 g/mol. The van der Waals surface area contributed by atoms with Crippen LogP contribution in [-0.4, -0.2) is 22.0 Å². The molecule has 1 heterocycles. The van der Waals surface area contributed by atoms with Crippen LogP contribution >= 0.6 is 0 Å². The van der Waals surface area contributed by atoms with Gasteiger partial charge in [-0.3, -0.25) is 0 Å². The van der Waals surface area contributed by atoms with Crippen LogP contribution in [0.25, 0.3) is 5.69 Å². The summed E-state index contributed by atoms with van der Waals surface area (Å²) in [5, 5.41) is 15.3. The second-order valence-corrected chi connectivity index (χ2v) is 6.13. The predicted molar refractivity (Wildman–Crippen MR) is 86.4 cm³/mol. The van der Waals surface area contributed by atoms with E-state index in [1.807, 2.05) is 42.1 Å². The van der Waals surface area contributed by atoms with Crippen molar-refractivity contribution in [3.63, 3.8) is 0 Å². The SMILES string of the molecule is COc1ccccc1-n1cc(C(O)C2CCCCC2)c(C)n1. The van der Waals surface area contributed by atoms with E-state index in [2.05, 4.69) is 5.10 Å². The fourth-order valence-electron chi connectivity index (χ4n) is 3.41. The highest BCUT2D eigenvalue weighted by atomic mass is 16.5. The molecule has 1 N–H and O–H groups in total. The molecule has 1 fully saturated rings. The second kappa shape index (κ2) is 6.53. The van der Waals surface area contributed by atoms with Crippen molar-refractivity contribution in [2.75, 3.05) is 7.11 Å². The topological polar surface area (TPSA) is 47.3 Å². The number of ether oxygens (including phenoxy) is 1. The summed E-state index contributed by atoms with van der Waals surface area (Å²) in [6.45, 7) is 1.97. The number of rotatable bonds is 4. The molecule has 1 aromatic carbocycles. The molecule has 1 unspecified atom stereocenters. The molecule has 0 aliphatic heterocycles. The quantitative estimate of drug-likeness (QED) is 0.934. The molecule has 1 atom stereocenters. The standard InChI is InChI=1S/C18H24N2O2/c1-13-15(18(21)14-8-4-3-5-9-14)12-20(19-13)16-10-6-7-11-17(16)22-2/h6-7,10-12,14,18,21H,3-5,8-9H2,1-2H3. The van der Waals surface area contributed by atoms with Gasteiger partial charge in [-0.25, -0.2) is 4.68 Å². The van der Waals surface area contributed by atoms with Crippen molar-refractivity contribution >= 4 is 0 Å². The average molecular weight is 300 g/mol. The molecule has 0 amide bonds. The average Bonchev–Trinajstić information content (AvgIpc) is 2.96. The van der Waals surface area contributed by atoms with Crippen LogP contribution in [0, 0.1) is 12.8 Å². The van der Waals surface area contributed by atoms with Crippen molar-refractivity contribution in [1.29, 1.82) is 0 Å². The van der Waals surface area contributed by atoms with Crippen molar-refractivity contribution < 1.29 is 9.84 Å². The first kappa shape index (κ1) is 15.1. The maximum absolute atomic E-state index is 10.7. The lowest BCUT2D eigenvalue weighted by Crippen LogP contribution is -2.16. The molecule has 0 saturated heterocycles. The first-order chi connectivity index (χ1) is 10.7. The Kier molecular flexibility index (Phi) is 4.48. The lowest BCUT2D eigenvalue weighted by Gasteiger charge is -2.26. The number of aliphatic hydroxyl groups excluding tert-OH is 1. The van der Waals surface area contributed by atoms with E-state index in [1.165, 1.54) is 19.3 Å². The van der Waals surface area contributed by atoms with Gasteiger partial charge in [0.2, 0.25) is 0 Å². The van der Waals surface area contributed by atoms with Crippen LogP contribution in [0.3, 0.4) is 0 Å². The number of hydrogen-bond donors (Lipinski definition) is 1. The molecule has 1 aliphatic carbocycles. The number of hydrogen-bond acceptors (Lipinski definition) is 3. The van der Waals surface area contributed by atoms with Crippen LogP contribution in [0.1, 0.15) is 49.5 Å². The summed E-state index contributed by atoms with van der Waals surface area (Å²) in [7, 11) is 1.66. The third kappa shape index (κ3) is 2.88. The Bertz CT molecular complexity index is 630. The fraction of sp³-hybridized carbons (Fsp3) is 0.500. The molecule has 0 bridgehead atoms. The normalized spacial score (nSPS) is 17.4. The summed E-state index contributed by atoms with van der Waals surface area (Å²) in [6.07, 6.45) is 7.50. The summed E-state index contributed by atoms with van der Waals surface area (Å²) in [5.41, 5.74) is 2.73. The van der Waals surface area contributed by atoms with Gasteiger partial charge in [-0.2, -0.15) is 5.10 Å². The molecule has 0 spiro atoms. The molecule has 2 aromatic rings. The smallest absolute Gasteiger partial charge is 0.144 e. The van der Waals surface area contributed by atoms with E-state index in [-0.39, 0.29) is 0 Å². The van der Waals surface area contributed by atoms with Crippen LogP contribution < -0.4 is 4.74 Å². The maximum Gasteiger partial charge on any atom is 0.144 e. The summed E-state index contributed by atoms with van der Waals surface area (Å²) >= 11 is 0. The number of methoxy groups -OCH3 is 1. The third-order valence-electron chi connectivity index (χ3n) is 4.68. The van der Waals surface area contributed by atoms with Crippen molar-refractivity contribution in [3.8, 4) is 11.4 Å². The summed E-state index contributed by atoms with van der Waals surface area (Å²) in [4.78, 5) is 0. The van der Waals surface area contributed by atoms with E-state index >= 15 is 0 Å². The fourth-order valence-corrected chi connectivity index (χ4v) is 3.41. The van der Waals surface area contributed by atoms with Crippen LogP contribution in [0.5, 0.6) is 5.75 Å². The van der Waals surface area contributed by atoms with Gasteiger partial charge in [0, 0.05) is 11.8 Å². The second-order valence-electron chi connectivity index (χ2n) is 6.13. The Hall–Kier alpha value is -1.81. The van der Waals surface area contributed by atoms with Crippen LogP contribution in [0.2, 0.25) is 0 Å². The zero-order chi connectivity index (χ0) is 15.5. The molecule has 1 saturated carbocycles. The van der Waals surface area contributed by atoms with E-state index in [1.54, 1.807) is 7.11 Å². The van der Waals surface area contributed by atoms with Crippen LogP contribution in [-0.2, 0) is 0 Å². The number of nitrogens with zero attached hydrogens (tertiary/aromatic N) is 2. The van der Waals surface area contributed by atoms with E-state index in [0.29, 0.717) is 5.92 Å². The van der Waals surface area contributed by atoms with Crippen molar-refractivity contribution in [3.05, 3.63) is 41.7 Å². The lowest BCUT2D eigenvalue weighted by molar-refractivity contribution is 0.0843. The lowest BCUT2D eigenvalue weighted by atomic mass is 9.83. The molecule has 4 heteroatoms. The third-order valence-corrected chi connectivity index (χ3v) is 4.68. The zero-order valence-electron chi connectivity index (χ0n) is 13.3. The Morgan fingerprint density at radius 1 is 1.23 bits per heavy atom. The van der Waals surface area contributed by atoms with Gasteiger partial charge in [0.05, 0.1) is 18.9 Å². The number of aliphatic hydroxyl groups is 1. The molecular formula is C18H24N2O2. The first-order valence-corrected chi connectivity index (χ1v) is 8.08. The minimum Gasteiger partial charge on any atom is -0.494 e. The largest absolute Gasteiger partial charge is 0.494 e. The molecule has 1 aromatic heterocycles. The van der Waals surface area contributed by atoms with Gasteiger partial charge in [-0.05, 0) is 37.8 Å². The predicted octanol–water partition coefficient (Wildman–Crippen LogP) is 3.80. The van der Waals surface area contributed by atoms with Gasteiger partial charge in [0.25, 0.3) is 0 Å². The van der Waals surface area contributed by atoms with E-state index in [4.69, 9.17) is 4.74 Å². The first-order valence-electron chi connectivity index (χ1n) is 8.08. The van der Waals surface area contributed by atoms with E-state index in [9.17, 15) is 5.11 Å². The Morgan fingerprint density at radius 2 is 1.95 bits per heavy atom. The van der Waals surface area contributed by atoms with Gasteiger partial charge in [-0.1, -0.05) is 31.4 Å². The molecule has 1 aliphatic rings. The van der Waals surface area contributed by atoms with Crippen molar-refractivity contribution in [2.45, 2.75) is 45.1 Å². The van der Waals surface area contributed by atoms with Gasteiger partial charge < -0.3 is 9.84 Å². The Balaban J connectivity index is 1.90. The summed E-state index contributed by atoms with van der Waals surface area (Å²) in [5.74, 6) is 1.14. The number of benzene rings is 1. The van der Waals surface area contributed by atoms with Crippen molar-refractivity contribution in [2.24, 2.45) is 5.92 Å². The number of para-hydroxylation sites is 2. The van der Waals surface area contributed by atoms with Crippen LogP contribution in [0.15, 0.2) is 30.5 Å². The van der Waals surface area contributed by atoms with Gasteiger partial charge >= 0.3 is 0 Å². The van der Waals surface area contributed by atoms with E-state index in [0.717, 1.165) is 35.5 Å². The summed E-state index contributed by atoms with van der Waals surface area (Å²) in [6, 6.07) is 7.80. The van der Waals surface area contributed by atoms with Gasteiger partial charge in [0.1, 0.15) is 11.4 Å². The zero-order valence-corrected chi connectivity index (χ0v) is 13.3. The minimum atomic E-state index is -0.413. The minimum absolute atomic E-state index is 0.364. The Labute approximate surface area is 131 Å². The highest BCUT2D eigenvalue weighted by Gasteiger charge is 2.26. The molecule has 4 nitrogen and oxygen atoms in total. The monoisotopic (exact) mass is 300 g/mol. The van der Waals surface area contributed by atoms with Crippen LogP contribution in [0.4, 0.5) is 0 Å². The highest BCUT2D eigenvalue weighted by Crippen LogP contribution is 2.36. The molecule has 0 radical (unpaired) electrons. The highest BCUT2D eigenvalue weighted by molar-refractivity contribution is 5.46. The Morgan fingerprint density at radius 3 is 2.68 bits per heavy atom. The molecule has 3 rings (SSSR count). The molecule has 118 valence electrons. The van der Waals surface area contributed by atoms with Gasteiger partial charge in [-0.15, -0.1) is 0 Å². The number of aryl methyl sites for hydroxylation is 1. The number of aromatic nitrogens is 2. The summed E-state index contributed by atoms with van der Waals surface area (Å²) < 4.78 is 7.22. The van der Waals surface area contributed by atoms with Crippen molar-refractivity contribution in [1.82, 2.24) is 9.78 Å². The maximum atomic E-state index is 10.7. The molecule has 22 heavy (non-hydrogen) atoms. The van der Waals surface area contributed by atoms with Gasteiger partial charge in [0.15, 0.2) is 0 Å².